The van der Waals surface area contributed by atoms with Crippen LogP contribution in [0.1, 0.15) is 42.9 Å². The van der Waals surface area contributed by atoms with Crippen LogP contribution in [0, 0.1) is 23.6 Å². The van der Waals surface area contributed by atoms with Crippen LogP contribution in [0.15, 0.2) is 30.6 Å². The smallest absolute Gasteiger partial charge is 0.451 e. The molecule has 1 aromatic carbocycles. The fraction of sp³-hybridized carbons (Fsp3) is 0.536. The molecule has 1 amide bonds. The predicted octanol–water partition coefficient (Wildman–Crippen LogP) is 4.79. The molecule has 1 saturated heterocycles. The van der Waals surface area contributed by atoms with Crippen molar-refractivity contribution in [2.75, 3.05) is 31.1 Å². The molecular formula is C28H30ClF4N7O2. The Hall–Kier alpha value is -3.48. The van der Waals surface area contributed by atoms with Gasteiger partial charge in [0.2, 0.25) is 17.7 Å². The molecule has 4 heterocycles. The van der Waals surface area contributed by atoms with Crippen LogP contribution in [0.4, 0.5) is 23.5 Å². The van der Waals surface area contributed by atoms with Gasteiger partial charge in [0, 0.05) is 32.2 Å². The molecule has 0 spiro atoms. The van der Waals surface area contributed by atoms with E-state index in [4.69, 9.17) is 16.3 Å². The van der Waals surface area contributed by atoms with Gasteiger partial charge in [-0.25, -0.2) is 14.4 Å². The zero-order valence-electron chi connectivity index (χ0n) is 22.7. The summed E-state index contributed by atoms with van der Waals surface area (Å²) in [5.41, 5.74) is 0.202. The first-order chi connectivity index (χ1) is 20.2. The minimum absolute atomic E-state index is 0.0574. The molecule has 2 atom stereocenters. The summed E-state index contributed by atoms with van der Waals surface area (Å²) in [4.78, 5) is 25.0. The number of anilines is 1. The number of aromatic nitrogens is 5. The average molecular weight is 608 g/mol. The lowest BCUT2D eigenvalue weighted by Crippen LogP contribution is -2.40. The SMILES string of the molecule is O=C(Cc1ccc(OCCC2CC2C2CCN(c3ncc(Cl)cn3)CC2)cc1F)N1CCn2c(nnc2C(F)(F)F)C1. The fourth-order valence-corrected chi connectivity index (χ4v) is 6.22. The Kier molecular flexibility index (Phi) is 7.95. The van der Waals surface area contributed by atoms with E-state index in [-0.39, 0.29) is 37.4 Å². The Labute approximate surface area is 244 Å². The first kappa shape index (κ1) is 28.6. The van der Waals surface area contributed by atoms with E-state index in [2.05, 4.69) is 25.1 Å². The summed E-state index contributed by atoms with van der Waals surface area (Å²) in [6, 6.07) is 4.45. The van der Waals surface area contributed by atoms with Crippen molar-refractivity contribution >= 4 is 23.5 Å². The van der Waals surface area contributed by atoms with Crippen molar-refractivity contribution in [2.24, 2.45) is 17.8 Å². The van der Waals surface area contributed by atoms with E-state index in [0.717, 1.165) is 42.9 Å². The summed E-state index contributed by atoms with van der Waals surface area (Å²) in [5, 5.41) is 7.33. The first-order valence-corrected chi connectivity index (χ1v) is 14.4. The van der Waals surface area contributed by atoms with Gasteiger partial charge in [-0.15, -0.1) is 10.2 Å². The number of rotatable bonds is 8. The topological polar surface area (TPSA) is 89.3 Å². The van der Waals surface area contributed by atoms with Crippen molar-refractivity contribution in [3.05, 3.63) is 58.6 Å². The van der Waals surface area contributed by atoms with Crippen LogP contribution in [-0.4, -0.2) is 61.8 Å². The molecule has 1 saturated carbocycles. The van der Waals surface area contributed by atoms with Crippen molar-refractivity contribution in [1.29, 1.82) is 0 Å². The third-order valence-corrected chi connectivity index (χ3v) is 8.69. The number of fused-ring (bicyclic) bond motifs is 1. The number of alkyl halides is 3. The fourth-order valence-electron chi connectivity index (χ4n) is 6.12. The molecule has 6 rings (SSSR count). The third-order valence-electron chi connectivity index (χ3n) is 8.49. The van der Waals surface area contributed by atoms with Crippen molar-refractivity contribution < 1.29 is 27.1 Å². The number of benzene rings is 1. The van der Waals surface area contributed by atoms with E-state index < -0.39 is 23.7 Å². The monoisotopic (exact) mass is 607 g/mol. The second kappa shape index (κ2) is 11.7. The molecule has 2 aliphatic heterocycles. The molecule has 14 heteroatoms. The maximum absolute atomic E-state index is 14.8. The number of halogens is 5. The van der Waals surface area contributed by atoms with E-state index in [1.165, 1.54) is 23.5 Å². The van der Waals surface area contributed by atoms with Gasteiger partial charge in [0.25, 0.3) is 0 Å². The van der Waals surface area contributed by atoms with E-state index >= 15 is 0 Å². The van der Waals surface area contributed by atoms with Crippen molar-refractivity contribution in [2.45, 2.75) is 51.4 Å². The van der Waals surface area contributed by atoms with Gasteiger partial charge < -0.3 is 19.1 Å². The normalized spacial score (nSPS) is 20.9. The number of hydrogen-bond acceptors (Lipinski definition) is 7. The summed E-state index contributed by atoms with van der Waals surface area (Å²) in [5.74, 6) is 1.14. The molecule has 224 valence electrons. The predicted molar refractivity (Wildman–Crippen MR) is 144 cm³/mol. The lowest BCUT2D eigenvalue weighted by atomic mass is 9.90. The lowest BCUT2D eigenvalue weighted by Gasteiger charge is -2.32. The molecule has 0 radical (unpaired) electrons. The summed E-state index contributed by atoms with van der Waals surface area (Å²) >= 11 is 5.89. The minimum Gasteiger partial charge on any atom is -0.493 e. The number of amides is 1. The maximum atomic E-state index is 14.8. The summed E-state index contributed by atoms with van der Waals surface area (Å²) in [7, 11) is 0. The standard InChI is InChI=1S/C28H30ClF4N7O2/c29-20-14-34-27(35-15-20)38-6-3-17(4-7-38)22-11-18(22)5-10-42-21-2-1-19(23(30)13-21)12-25(41)39-8-9-40-24(16-39)36-37-26(40)28(31,32)33/h1-2,13-15,17-18,22H,3-12,16H2. The molecule has 2 fully saturated rings. The van der Waals surface area contributed by atoms with Crippen LogP contribution in [0.5, 0.6) is 5.75 Å². The summed E-state index contributed by atoms with van der Waals surface area (Å²) in [6.45, 7) is 2.23. The molecule has 2 unspecified atom stereocenters. The number of nitrogens with zero attached hydrogens (tertiary/aromatic N) is 7. The van der Waals surface area contributed by atoms with Crippen LogP contribution >= 0.6 is 11.6 Å². The average Bonchev–Trinajstić information content (AvgIpc) is 3.60. The summed E-state index contributed by atoms with van der Waals surface area (Å²) in [6.07, 6.45) is 2.72. The molecule has 3 aromatic rings. The molecule has 0 bridgehead atoms. The van der Waals surface area contributed by atoms with Crippen molar-refractivity contribution in [1.82, 2.24) is 29.6 Å². The first-order valence-electron chi connectivity index (χ1n) is 14.1. The van der Waals surface area contributed by atoms with Crippen LogP contribution in [0.2, 0.25) is 5.02 Å². The highest BCUT2D eigenvalue weighted by Crippen LogP contribution is 2.50. The van der Waals surface area contributed by atoms with Gasteiger partial charge in [0.1, 0.15) is 11.6 Å². The number of carbonyl (C=O) groups excluding carboxylic acids is 1. The van der Waals surface area contributed by atoms with E-state index in [9.17, 15) is 22.4 Å². The molecule has 0 N–H and O–H groups in total. The van der Waals surface area contributed by atoms with E-state index in [1.807, 2.05) is 0 Å². The highest BCUT2D eigenvalue weighted by atomic mass is 35.5. The van der Waals surface area contributed by atoms with Gasteiger partial charge in [-0.1, -0.05) is 17.7 Å². The zero-order valence-corrected chi connectivity index (χ0v) is 23.5. The van der Waals surface area contributed by atoms with Crippen LogP contribution in [0.3, 0.4) is 0 Å². The maximum Gasteiger partial charge on any atom is 0.451 e. The molecule has 3 aliphatic rings. The molecule has 42 heavy (non-hydrogen) atoms. The lowest BCUT2D eigenvalue weighted by molar-refractivity contribution is -0.148. The van der Waals surface area contributed by atoms with Crippen molar-refractivity contribution in [3.63, 3.8) is 0 Å². The Morgan fingerprint density at radius 3 is 2.55 bits per heavy atom. The van der Waals surface area contributed by atoms with Crippen LogP contribution in [-0.2, 0) is 30.5 Å². The van der Waals surface area contributed by atoms with Crippen LogP contribution < -0.4 is 9.64 Å². The Bertz CT molecular complexity index is 1430. The number of carbonyl (C=O) groups is 1. The second-order valence-electron chi connectivity index (χ2n) is 11.2. The Balaban J connectivity index is 0.930. The van der Waals surface area contributed by atoms with Gasteiger partial charge in [-0.05, 0) is 55.1 Å². The molecule has 2 aromatic heterocycles. The molecule has 9 nitrogen and oxygen atoms in total. The van der Waals surface area contributed by atoms with Gasteiger partial charge in [0.05, 0.1) is 37.0 Å². The van der Waals surface area contributed by atoms with Gasteiger partial charge >= 0.3 is 6.18 Å². The van der Waals surface area contributed by atoms with E-state index in [1.54, 1.807) is 18.5 Å². The highest BCUT2D eigenvalue weighted by molar-refractivity contribution is 6.30. The number of hydrogen-bond donors (Lipinski definition) is 0. The highest BCUT2D eigenvalue weighted by Gasteiger charge is 2.43. The Morgan fingerprint density at radius 2 is 1.83 bits per heavy atom. The quantitative estimate of drug-likeness (QED) is 0.340. The number of piperidine rings is 1. The minimum atomic E-state index is -4.61. The largest absolute Gasteiger partial charge is 0.493 e. The second-order valence-corrected chi connectivity index (χ2v) is 11.6. The zero-order chi connectivity index (χ0) is 29.4. The molecular weight excluding hydrogens is 578 g/mol. The molecule has 1 aliphatic carbocycles. The van der Waals surface area contributed by atoms with Gasteiger partial charge in [-0.2, -0.15) is 13.2 Å². The van der Waals surface area contributed by atoms with E-state index in [0.29, 0.717) is 35.1 Å². The van der Waals surface area contributed by atoms with Crippen LogP contribution in [0.25, 0.3) is 0 Å². The Morgan fingerprint density at radius 1 is 1.07 bits per heavy atom. The summed E-state index contributed by atoms with van der Waals surface area (Å²) < 4.78 is 60.8. The van der Waals surface area contributed by atoms with Crippen molar-refractivity contribution in [3.8, 4) is 5.75 Å². The van der Waals surface area contributed by atoms with Gasteiger partial charge in [-0.3, -0.25) is 4.79 Å². The number of ether oxygens (including phenoxy) is 1. The van der Waals surface area contributed by atoms with Gasteiger partial charge in [0.15, 0.2) is 5.82 Å². The third kappa shape index (κ3) is 6.30.